The van der Waals surface area contributed by atoms with Gasteiger partial charge in [-0.25, -0.2) is 0 Å². The van der Waals surface area contributed by atoms with E-state index < -0.39 is 47.0 Å². The largest absolute Gasteiger partial charge is 0.458 e. The van der Waals surface area contributed by atoms with E-state index in [0.717, 1.165) is 5.57 Å². The van der Waals surface area contributed by atoms with Gasteiger partial charge in [-0.1, -0.05) is 26.8 Å². The second kappa shape index (κ2) is 6.00. The van der Waals surface area contributed by atoms with Crippen LogP contribution in [-0.2, 0) is 19.0 Å². The molecule has 0 radical (unpaired) electrons. The zero-order valence-electron chi connectivity index (χ0n) is 16.3. The molecule has 0 amide bonds. The smallest absolute Gasteiger partial charge is 0.306 e. The summed E-state index contributed by atoms with van der Waals surface area (Å²) in [7, 11) is 0. The minimum absolute atomic E-state index is 0.191. The van der Waals surface area contributed by atoms with E-state index in [4.69, 9.17) is 14.2 Å². The van der Waals surface area contributed by atoms with Crippen molar-refractivity contribution >= 4 is 5.97 Å². The van der Waals surface area contributed by atoms with Crippen LogP contribution < -0.4 is 0 Å². The van der Waals surface area contributed by atoms with Crippen molar-refractivity contribution in [1.82, 2.24) is 0 Å². The molecule has 27 heavy (non-hydrogen) atoms. The van der Waals surface area contributed by atoms with Crippen LogP contribution in [0.15, 0.2) is 11.6 Å². The van der Waals surface area contributed by atoms with Gasteiger partial charge in [0.15, 0.2) is 0 Å². The molecule has 6 unspecified atom stereocenters. The van der Waals surface area contributed by atoms with Crippen LogP contribution in [0.5, 0.6) is 0 Å². The van der Waals surface area contributed by atoms with Gasteiger partial charge in [-0.3, -0.25) is 4.79 Å². The first-order valence-electron chi connectivity index (χ1n) is 9.77. The van der Waals surface area contributed by atoms with Crippen molar-refractivity contribution < 1.29 is 34.3 Å². The van der Waals surface area contributed by atoms with Crippen LogP contribution in [0.1, 0.15) is 40.5 Å². The predicted molar refractivity (Wildman–Crippen MR) is 94.7 cm³/mol. The third kappa shape index (κ3) is 2.29. The lowest BCUT2D eigenvalue weighted by atomic mass is 9.51. The number of aliphatic hydroxyl groups excluding tert-OH is 3. The summed E-state index contributed by atoms with van der Waals surface area (Å²) in [6.45, 7) is 7.76. The molecule has 2 bridgehead atoms. The zero-order chi connectivity index (χ0) is 19.8. The third-order valence-electron chi connectivity index (χ3n) is 7.49. The van der Waals surface area contributed by atoms with Gasteiger partial charge in [0.1, 0.15) is 23.9 Å². The first kappa shape index (κ1) is 19.3. The van der Waals surface area contributed by atoms with E-state index in [1.807, 2.05) is 33.8 Å². The highest BCUT2D eigenvalue weighted by Gasteiger charge is 2.84. The molecule has 0 aromatic rings. The number of hydrogen-bond acceptors (Lipinski definition) is 7. The average Bonchev–Trinajstić information content (AvgIpc) is 3.38. The summed E-state index contributed by atoms with van der Waals surface area (Å²) < 4.78 is 17.7. The Hall–Kier alpha value is -0.990. The van der Waals surface area contributed by atoms with Crippen LogP contribution in [0.3, 0.4) is 0 Å². The van der Waals surface area contributed by atoms with Crippen molar-refractivity contribution in [3.63, 3.8) is 0 Å². The van der Waals surface area contributed by atoms with Gasteiger partial charge in [0, 0.05) is 17.3 Å². The van der Waals surface area contributed by atoms with Crippen molar-refractivity contribution in [2.24, 2.45) is 16.7 Å². The summed E-state index contributed by atoms with van der Waals surface area (Å²) in [4.78, 5) is 12.3. The summed E-state index contributed by atoms with van der Waals surface area (Å²) in [5, 5.41) is 32.1. The topological polar surface area (TPSA) is 109 Å². The molecule has 2 heterocycles. The molecule has 4 aliphatic rings. The SMILES string of the molecule is CC1=CC2OC3C(O)C(O)[C@@](C)(C34CO4)[C@@]2(CO)CC1OC(=O)CC(C)C. The molecule has 0 aromatic carbocycles. The molecular formula is C20H30O7. The standard InChI is InChI=1S/C20H30O7/c1-10(2)5-14(22)26-12-7-19(8-21)13(6-11(12)3)27-17-15(23)16(24)18(19,4)20(17)9-25-20/h6,10,12-13,15-17,21,23-24H,5,7-9H2,1-4H3/t12?,13?,15?,16?,17?,18-,19-,20?/m1/s1. The number of fused-ring (bicyclic) bond motifs is 2. The molecule has 2 saturated heterocycles. The molecule has 3 N–H and O–H groups in total. The Labute approximate surface area is 159 Å². The van der Waals surface area contributed by atoms with Gasteiger partial charge in [-0.15, -0.1) is 0 Å². The van der Waals surface area contributed by atoms with E-state index in [1.165, 1.54) is 0 Å². The molecule has 7 nitrogen and oxygen atoms in total. The molecule has 0 aromatic heterocycles. The fourth-order valence-corrected chi connectivity index (χ4v) is 5.72. The zero-order valence-corrected chi connectivity index (χ0v) is 16.3. The molecule has 2 aliphatic heterocycles. The van der Waals surface area contributed by atoms with E-state index in [2.05, 4.69) is 0 Å². The minimum Gasteiger partial charge on any atom is -0.458 e. The van der Waals surface area contributed by atoms with Crippen LogP contribution in [0.4, 0.5) is 0 Å². The fourth-order valence-electron chi connectivity index (χ4n) is 5.72. The number of aliphatic hydroxyl groups is 3. The van der Waals surface area contributed by atoms with E-state index in [1.54, 1.807) is 0 Å². The maximum atomic E-state index is 12.3. The Morgan fingerprint density at radius 1 is 1.41 bits per heavy atom. The number of esters is 1. The highest BCUT2D eigenvalue weighted by Crippen LogP contribution is 2.71. The van der Waals surface area contributed by atoms with Gasteiger partial charge >= 0.3 is 5.97 Å². The molecule has 7 heteroatoms. The summed E-state index contributed by atoms with van der Waals surface area (Å²) >= 11 is 0. The third-order valence-corrected chi connectivity index (χ3v) is 7.49. The maximum Gasteiger partial charge on any atom is 0.306 e. The van der Waals surface area contributed by atoms with Crippen molar-refractivity contribution in [2.45, 2.75) is 76.7 Å². The summed E-state index contributed by atoms with van der Waals surface area (Å²) in [6.07, 6.45) is -1.29. The highest BCUT2D eigenvalue weighted by atomic mass is 16.6. The molecule has 2 aliphatic carbocycles. The lowest BCUT2D eigenvalue weighted by Crippen LogP contribution is -2.67. The fraction of sp³-hybridized carbons (Fsp3) is 0.850. The summed E-state index contributed by atoms with van der Waals surface area (Å²) in [6, 6.07) is 0. The van der Waals surface area contributed by atoms with Crippen LogP contribution >= 0.6 is 0 Å². The number of carbonyl (C=O) groups excluding carboxylic acids is 1. The first-order chi connectivity index (χ1) is 12.6. The van der Waals surface area contributed by atoms with Gasteiger partial charge < -0.3 is 29.5 Å². The normalized spacial score (nSPS) is 50.5. The van der Waals surface area contributed by atoms with Gasteiger partial charge in [0.2, 0.25) is 0 Å². The number of hydrogen-bond donors (Lipinski definition) is 3. The van der Waals surface area contributed by atoms with Crippen LogP contribution in [0, 0.1) is 16.7 Å². The van der Waals surface area contributed by atoms with Crippen LogP contribution in [-0.4, -0.2) is 70.6 Å². The van der Waals surface area contributed by atoms with Crippen molar-refractivity contribution in [2.75, 3.05) is 13.2 Å². The lowest BCUT2D eigenvalue weighted by molar-refractivity contribution is -0.235. The Bertz CT molecular complexity index is 669. The molecule has 1 spiro atoms. The van der Waals surface area contributed by atoms with Crippen molar-refractivity contribution in [3.8, 4) is 0 Å². The average molecular weight is 382 g/mol. The summed E-state index contributed by atoms with van der Waals surface area (Å²) in [5.74, 6) is -0.0883. The van der Waals surface area contributed by atoms with Crippen LogP contribution in [0.25, 0.3) is 0 Å². The monoisotopic (exact) mass is 382 g/mol. The van der Waals surface area contributed by atoms with E-state index in [0.29, 0.717) is 19.4 Å². The molecular weight excluding hydrogens is 352 g/mol. The molecule has 152 valence electrons. The molecule has 3 fully saturated rings. The van der Waals surface area contributed by atoms with Crippen LogP contribution in [0.2, 0.25) is 0 Å². The Kier molecular flexibility index (Phi) is 4.30. The Morgan fingerprint density at radius 3 is 2.63 bits per heavy atom. The number of ether oxygens (including phenoxy) is 3. The maximum absolute atomic E-state index is 12.3. The summed E-state index contributed by atoms with van der Waals surface area (Å²) in [5.41, 5.74) is -1.78. The molecule has 4 rings (SSSR count). The number of rotatable bonds is 4. The van der Waals surface area contributed by atoms with Crippen molar-refractivity contribution in [1.29, 1.82) is 0 Å². The Morgan fingerprint density at radius 2 is 2.07 bits per heavy atom. The van der Waals surface area contributed by atoms with Gasteiger partial charge in [-0.2, -0.15) is 0 Å². The Balaban J connectivity index is 1.71. The minimum atomic E-state index is -1.10. The lowest BCUT2D eigenvalue weighted by Gasteiger charge is -2.58. The highest BCUT2D eigenvalue weighted by molar-refractivity contribution is 5.70. The molecule has 1 saturated carbocycles. The van der Waals surface area contributed by atoms with E-state index in [9.17, 15) is 20.1 Å². The van der Waals surface area contributed by atoms with E-state index >= 15 is 0 Å². The quantitative estimate of drug-likeness (QED) is 0.370. The van der Waals surface area contributed by atoms with Gasteiger partial charge in [-0.05, 0) is 24.8 Å². The second-order valence-corrected chi connectivity index (χ2v) is 9.30. The first-order valence-corrected chi connectivity index (χ1v) is 9.77. The number of carbonyl (C=O) groups is 1. The van der Waals surface area contributed by atoms with Gasteiger partial charge in [0.25, 0.3) is 0 Å². The number of epoxide rings is 1. The van der Waals surface area contributed by atoms with Gasteiger partial charge in [0.05, 0.1) is 25.4 Å². The predicted octanol–water partition coefficient (Wildman–Crippen LogP) is 0.551. The van der Waals surface area contributed by atoms with E-state index in [-0.39, 0.29) is 18.5 Å². The second-order valence-electron chi connectivity index (χ2n) is 9.30. The van der Waals surface area contributed by atoms with Crippen molar-refractivity contribution in [3.05, 3.63) is 11.6 Å². The molecule has 8 atom stereocenters.